The molecular weight excluding hydrogens is 815 g/mol. The molecule has 326 valence electrons. The van der Waals surface area contributed by atoms with Gasteiger partial charge in [-0.15, -0.1) is 0 Å². The highest BCUT2D eigenvalue weighted by molar-refractivity contribution is 14.1. The van der Waals surface area contributed by atoms with Gasteiger partial charge >= 0.3 is 0 Å². The molecule has 0 fully saturated rings. The smallest absolute Gasteiger partial charge is 0.0701 e. The van der Waals surface area contributed by atoms with E-state index in [-0.39, 0.29) is 0 Å². The molecule has 0 aromatic rings. The Morgan fingerprint density at radius 1 is 0.204 bits per heavy atom. The van der Waals surface area contributed by atoms with Crippen molar-refractivity contribution in [3.05, 3.63) is 0 Å². The quantitative estimate of drug-likeness (QED) is 0.0385. The van der Waals surface area contributed by atoms with Crippen molar-refractivity contribution >= 4 is 22.6 Å². The summed E-state index contributed by atoms with van der Waals surface area (Å²) in [6.07, 6.45) is 15.5. The van der Waals surface area contributed by atoms with Crippen LogP contribution in [0.15, 0.2) is 0 Å². The van der Waals surface area contributed by atoms with Crippen LogP contribution in [0.25, 0.3) is 0 Å². The first-order valence-corrected chi connectivity index (χ1v) is 22.5. The zero-order chi connectivity index (χ0) is 38.8. The SMILES string of the molecule is CCCCCCCCCCOCCOCCOCCOCCOCCOCCOCCOCCOCCOCCOCCOCCOCCCCCCI. The van der Waals surface area contributed by atoms with Crippen LogP contribution in [0.2, 0.25) is 0 Å². The van der Waals surface area contributed by atoms with E-state index in [1.54, 1.807) is 0 Å². The van der Waals surface area contributed by atoms with Gasteiger partial charge in [0.2, 0.25) is 0 Å². The molecule has 14 heteroatoms. The largest absolute Gasteiger partial charge is 0.379 e. The van der Waals surface area contributed by atoms with Crippen LogP contribution < -0.4 is 0 Å². The molecule has 0 radical (unpaired) electrons. The molecule has 54 heavy (non-hydrogen) atoms. The van der Waals surface area contributed by atoms with E-state index in [1.165, 1.54) is 68.6 Å². The van der Waals surface area contributed by atoms with Crippen LogP contribution in [0.3, 0.4) is 0 Å². The van der Waals surface area contributed by atoms with E-state index in [4.69, 9.17) is 61.6 Å². The van der Waals surface area contributed by atoms with Crippen molar-refractivity contribution in [2.45, 2.75) is 84.0 Å². The highest BCUT2D eigenvalue weighted by Gasteiger charge is 1.98. The Morgan fingerprint density at radius 2 is 0.370 bits per heavy atom. The Labute approximate surface area is 343 Å². The molecule has 0 heterocycles. The Morgan fingerprint density at radius 3 is 0.574 bits per heavy atom. The van der Waals surface area contributed by atoms with Gasteiger partial charge in [0.05, 0.1) is 159 Å². The van der Waals surface area contributed by atoms with E-state index in [0.717, 1.165) is 26.1 Å². The standard InChI is InChI=1S/C40H81IO13/c1-2-3-4-5-6-7-9-12-15-42-17-19-44-21-23-46-25-27-48-29-31-50-33-35-52-37-39-54-40-38-53-36-34-51-32-30-49-28-26-47-24-22-45-20-18-43-16-13-10-8-11-14-41/h2-40H2,1H3. The average Bonchev–Trinajstić information content (AvgIpc) is 3.18. The lowest BCUT2D eigenvalue weighted by atomic mass is 10.1. The molecule has 0 unspecified atom stereocenters. The van der Waals surface area contributed by atoms with Crippen LogP contribution in [-0.4, -0.2) is 176 Å². The summed E-state index contributed by atoms with van der Waals surface area (Å²) in [6, 6.07) is 0. The Kier molecular flexibility index (Phi) is 53.4. The topological polar surface area (TPSA) is 120 Å². The highest BCUT2D eigenvalue weighted by atomic mass is 127. The first-order chi connectivity index (χ1) is 26.9. The first-order valence-electron chi connectivity index (χ1n) is 21.0. The number of rotatable bonds is 51. The minimum Gasteiger partial charge on any atom is -0.379 e. The second-order valence-corrected chi connectivity index (χ2v) is 13.6. The molecular formula is C40H81IO13. The number of ether oxygens (including phenoxy) is 13. The molecule has 13 nitrogen and oxygen atoms in total. The van der Waals surface area contributed by atoms with Gasteiger partial charge in [-0.05, 0) is 23.7 Å². The molecule has 0 aliphatic carbocycles. The molecule has 0 saturated carbocycles. The molecule has 0 aliphatic rings. The van der Waals surface area contributed by atoms with Crippen molar-refractivity contribution in [3.8, 4) is 0 Å². The molecule has 0 amide bonds. The van der Waals surface area contributed by atoms with Crippen molar-refractivity contribution in [1.29, 1.82) is 0 Å². The summed E-state index contributed by atoms with van der Waals surface area (Å²) in [4.78, 5) is 0. The third kappa shape index (κ3) is 52.2. The first kappa shape index (κ1) is 54.2. The molecule has 0 N–H and O–H groups in total. The number of unbranched alkanes of at least 4 members (excludes halogenated alkanes) is 10. The molecule has 0 aliphatic heterocycles. The van der Waals surface area contributed by atoms with Crippen molar-refractivity contribution in [1.82, 2.24) is 0 Å². The van der Waals surface area contributed by atoms with Crippen molar-refractivity contribution in [2.75, 3.05) is 176 Å². The summed E-state index contributed by atoms with van der Waals surface area (Å²) < 4.78 is 73.1. The highest BCUT2D eigenvalue weighted by Crippen LogP contribution is 2.08. The van der Waals surface area contributed by atoms with Crippen LogP contribution >= 0.6 is 22.6 Å². The predicted molar refractivity (Wildman–Crippen MR) is 221 cm³/mol. The number of hydrogen-bond donors (Lipinski definition) is 0. The summed E-state index contributed by atoms with van der Waals surface area (Å²) in [7, 11) is 0. The van der Waals surface area contributed by atoms with E-state index >= 15 is 0 Å². The average molecular weight is 897 g/mol. The van der Waals surface area contributed by atoms with Gasteiger partial charge in [-0.25, -0.2) is 0 Å². The van der Waals surface area contributed by atoms with Crippen molar-refractivity contribution in [2.24, 2.45) is 0 Å². The summed E-state index contributed by atoms with van der Waals surface area (Å²) >= 11 is 2.42. The minimum atomic E-state index is 0.517. The van der Waals surface area contributed by atoms with Gasteiger partial charge in [-0.2, -0.15) is 0 Å². The van der Waals surface area contributed by atoms with Crippen LogP contribution in [0.1, 0.15) is 84.0 Å². The van der Waals surface area contributed by atoms with Crippen LogP contribution in [0.5, 0.6) is 0 Å². The normalized spacial score (nSPS) is 11.7. The van der Waals surface area contributed by atoms with Crippen LogP contribution in [0, 0.1) is 0 Å². The minimum absolute atomic E-state index is 0.517. The predicted octanol–water partition coefficient (Wildman–Crippen LogP) is 6.34. The van der Waals surface area contributed by atoms with E-state index in [9.17, 15) is 0 Å². The number of alkyl halides is 1. The fourth-order valence-corrected chi connectivity index (χ4v) is 5.27. The van der Waals surface area contributed by atoms with Crippen molar-refractivity contribution < 1.29 is 61.6 Å². The van der Waals surface area contributed by atoms with E-state index < -0.39 is 0 Å². The van der Waals surface area contributed by atoms with Crippen molar-refractivity contribution in [3.63, 3.8) is 0 Å². The molecule has 0 bridgehead atoms. The Bertz CT molecular complexity index is 591. The zero-order valence-electron chi connectivity index (χ0n) is 34.3. The van der Waals surface area contributed by atoms with E-state index in [2.05, 4.69) is 29.5 Å². The Hall–Kier alpha value is 0.210. The summed E-state index contributed by atoms with van der Waals surface area (Å²) in [5.74, 6) is 0. The van der Waals surface area contributed by atoms with Gasteiger partial charge in [0, 0.05) is 13.2 Å². The second kappa shape index (κ2) is 53.2. The summed E-state index contributed by atoms with van der Waals surface area (Å²) in [5, 5.41) is 0. The third-order valence-electron chi connectivity index (χ3n) is 7.78. The van der Waals surface area contributed by atoms with Gasteiger partial charge < -0.3 is 61.6 Å². The zero-order valence-corrected chi connectivity index (χ0v) is 36.4. The maximum atomic E-state index is 5.63. The van der Waals surface area contributed by atoms with E-state index in [1.807, 2.05) is 0 Å². The summed E-state index contributed by atoms with van der Waals surface area (Å²) in [6.45, 7) is 17.1. The maximum Gasteiger partial charge on any atom is 0.0701 e. The van der Waals surface area contributed by atoms with Gasteiger partial charge in [0.15, 0.2) is 0 Å². The summed E-state index contributed by atoms with van der Waals surface area (Å²) in [5.41, 5.74) is 0. The van der Waals surface area contributed by atoms with Crippen LogP contribution in [-0.2, 0) is 61.6 Å². The van der Waals surface area contributed by atoms with Crippen LogP contribution in [0.4, 0.5) is 0 Å². The monoisotopic (exact) mass is 896 g/mol. The lowest BCUT2D eigenvalue weighted by Crippen LogP contribution is -2.15. The van der Waals surface area contributed by atoms with E-state index in [0.29, 0.717) is 159 Å². The second-order valence-electron chi connectivity index (χ2n) is 12.5. The third-order valence-corrected chi connectivity index (χ3v) is 8.54. The lowest BCUT2D eigenvalue weighted by molar-refractivity contribution is -0.0290. The Balaban J connectivity index is 3.05. The maximum absolute atomic E-state index is 5.63. The molecule has 0 atom stereocenters. The fourth-order valence-electron chi connectivity index (χ4n) is 4.73. The van der Waals surface area contributed by atoms with Gasteiger partial charge in [-0.1, -0.05) is 87.3 Å². The fraction of sp³-hybridized carbons (Fsp3) is 1.00. The lowest BCUT2D eigenvalue weighted by Gasteiger charge is -2.09. The van der Waals surface area contributed by atoms with Gasteiger partial charge in [0.25, 0.3) is 0 Å². The molecule has 0 saturated heterocycles. The van der Waals surface area contributed by atoms with Gasteiger partial charge in [-0.3, -0.25) is 0 Å². The van der Waals surface area contributed by atoms with Gasteiger partial charge in [0.1, 0.15) is 0 Å². The molecule has 0 spiro atoms. The number of halogens is 1. The molecule has 0 aromatic carbocycles. The molecule has 0 aromatic heterocycles. The molecule has 0 rings (SSSR count). The number of hydrogen-bond acceptors (Lipinski definition) is 13.